The summed E-state index contributed by atoms with van der Waals surface area (Å²) in [6.45, 7) is 7.87. The van der Waals surface area contributed by atoms with E-state index in [9.17, 15) is 5.11 Å². The molecule has 0 aromatic heterocycles. The van der Waals surface area contributed by atoms with Crippen LogP contribution in [0.1, 0.15) is 59.3 Å². The standard InChI is InChI=1S/C16H32N2O/c1-16(2,3)15(17)14(11-19)18-10-6-8-12-7-4-5-9-13(12)18/h12-15,19H,4-11,17H2,1-3H3/t12-,13-,14?,15?/m1/s1. The predicted octanol–water partition coefficient (Wildman–Crippen LogP) is 2.38. The second kappa shape index (κ2) is 6.11. The molecule has 1 heterocycles. The first-order chi connectivity index (χ1) is 8.95. The molecule has 0 aromatic rings. The minimum Gasteiger partial charge on any atom is -0.395 e. The summed E-state index contributed by atoms with van der Waals surface area (Å²) in [5, 5.41) is 9.88. The van der Waals surface area contributed by atoms with Crippen LogP contribution >= 0.6 is 0 Å². The third-order valence-corrected chi connectivity index (χ3v) is 5.31. The Balaban J connectivity index is 2.12. The molecule has 2 fully saturated rings. The van der Waals surface area contributed by atoms with Crippen molar-refractivity contribution in [3.05, 3.63) is 0 Å². The fourth-order valence-electron chi connectivity index (χ4n) is 4.08. The van der Waals surface area contributed by atoms with E-state index in [2.05, 4.69) is 25.7 Å². The van der Waals surface area contributed by atoms with Gasteiger partial charge in [-0.2, -0.15) is 0 Å². The predicted molar refractivity (Wildman–Crippen MR) is 80.0 cm³/mol. The average molecular weight is 268 g/mol. The summed E-state index contributed by atoms with van der Waals surface area (Å²) in [5.74, 6) is 0.851. The van der Waals surface area contributed by atoms with E-state index < -0.39 is 0 Å². The number of aliphatic hydroxyl groups is 1. The van der Waals surface area contributed by atoms with Crippen molar-refractivity contribution >= 4 is 0 Å². The SMILES string of the molecule is CC(C)(C)C(N)C(CO)N1CCC[C@H]2CCCC[C@H]21. The average Bonchev–Trinajstić information content (AvgIpc) is 2.38. The van der Waals surface area contributed by atoms with Crippen LogP contribution in [0, 0.1) is 11.3 Å². The van der Waals surface area contributed by atoms with Crippen LogP contribution in [0.2, 0.25) is 0 Å². The highest BCUT2D eigenvalue weighted by Gasteiger charge is 2.40. The Morgan fingerprint density at radius 2 is 1.79 bits per heavy atom. The van der Waals surface area contributed by atoms with E-state index in [1.54, 1.807) is 0 Å². The van der Waals surface area contributed by atoms with Gasteiger partial charge in [0.05, 0.1) is 6.61 Å². The third-order valence-electron chi connectivity index (χ3n) is 5.31. The number of piperidine rings is 1. The summed E-state index contributed by atoms with van der Waals surface area (Å²) < 4.78 is 0. The number of hydrogen-bond acceptors (Lipinski definition) is 3. The second-order valence-electron chi connectivity index (χ2n) is 7.63. The first-order valence-electron chi connectivity index (χ1n) is 8.07. The van der Waals surface area contributed by atoms with Gasteiger partial charge in [-0.25, -0.2) is 0 Å². The Bertz CT molecular complexity index is 285. The molecule has 1 aliphatic heterocycles. The number of fused-ring (bicyclic) bond motifs is 1. The van der Waals surface area contributed by atoms with Crippen LogP contribution in [0.3, 0.4) is 0 Å². The molecule has 0 aromatic carbocycles. The van der Waals surface area contributed by atoms with E-state index in [4.69, 9.17) is 5.73 Å². The molecule has 3 N–H and O–H groups in total. The lowest BCUT2D eigenvalue weighted by Crippen LogP contribution is -2.61. The van der Waals surface area contributed by atoms with Gasteiger partial charge in [-0.3, -0.25) is 4.90 Å². The quantitative estimate of drug-likeness (QED) is 0.826. The van der Waals surface area contributed by atoms with Gasteiger partial charge in [-0.05, 0) is 43.6 Å². The first-order valence-corrected chi connectivity index (χ1v) is 8.07. The molecule has 0 radical (unpaired) electrons. The van der Waals surface area contributed by atoms with Crippen molar-refractivity contribution in [2.24, 2.45) is 17.1 Å². The summed E-state index contributed by atoms with van der Waals surface area (Å²) in [7, 11) is 0. The maximum atomic E-state index is 9.88. The van der Waals surface area contributed by atoms with Gasteiger partial charge in [0.25, 0.3) is 0 Å². The van der Waals surface area contributed by atoms with E-state index in [1.807, 2.05) is 0 Å². The Kier molecular flexibility index (Phi) is 4.91. The van der Waals surface area contributed by atoms with E-state index >= 15 is 0 Å². The Morgan fingerprint density at radius 1 is 1.16 bits per heavy atom. The van der Waals surface area contributed by atoms with Crippen LogP contribution in [-0.2, 0) is 0 Å². The normalized spacial score (nSPS) is 32.7. The molecule has 112 valence electrons. The van der Waals surface area contributed by atoms with Crippen LogP contribution in [0.4, 0.5) is 0 Å². The summed E-state index contributed by atoms with van der Waals surface area (Å²) in [6.07, 6.45) is 8.07. The van der Waals surface area contributed by atoms with Gasteiger partial charge in [-0.1, -0.05) is 33.6 Å². The van der Waals surface area contributed by atoms with Crippen LogP contribution in [0.15, 0.2) is 0 Å². The third kappa shape index (κ3) is 3.32. The van der Waals surface area contributed by atoms with Crippen molar-refractivity contribution in [2.75, 3.05) is 13.2 Å². The number of aliphatic hydroxyl groups excluding tert-OH is 1. The van der Waals surface area contributed by atoms with Gasteiger partial charge in [0.15, 0.2) is 0 Å². The second-order valence-corrected chi connectivity index (χ2v) is 7.63. The molecule has 1 saturated carbocycles. The van der Waals surface area contributed by atoms with Gasteiger partial charge in [0.1, 0.15) is 0 Å². The first kappa shape index (κ1) is 15.3. The molecule has 1 saturated heterocycles. The highest BCUT2D eigenvalue weighted by atomic mass is 16.3. The Morgan fingerprint density at radius 3 is 2.42 bits per heavy atom. The smallest absolute Gasteiger partial charge is 0.0602 e. The Labute approximate surface area is 118 Å². The fraction of sp³-hybridized carbons (Fsp3) is 1.00. The van der Waals surface area contributed by atoms with Crippen molar-refractivity contribution < 1.29 is 5.11 Å². The van der Waals surface area contributed by atoms with Crippen molar-refractivity contribution in [3.8, 4) is 0 Å². The van der Waals surface area contributed by atoms with E-state index in [0.717, 1.165) is 12.5 Å². The molecule has 0 spiro atoms. The van der Waals surface area contributed by atoms with Gasteiger partial charge < -0.3 is 10.8 Å². The number of nitrogens with two attached hydrogens (primary N) is 1. The molecule has 0 amide bonds. The van der Waals surface area contributed by atoms with Crippen LogP contribution in [0.25, 0.3) is 0 Å². The summed E-state index contributed by atoms with van der Waals surface area (Å²) in [6, 6.07) is 0.845. The topological polar surface area (TPSA) is 49.5 Å². The van der Waals surface area contributed by atoms with E-state index in [-0.39, 0.29) is 24.1 Å². The molecule has 2 aliphatic rings. The lowest BCUT2D eigenvalue weighted by atomic mass is 9.75. The lowest BCUT2D eigenvalue weighted by molar-refractivity contribution is -0.0181. The van der Waals surface area contributed by atoms with Gasteiger partial charge >= 0.3 is 0 Å². The maximum absolute atomic E-state index is 9.88. The Hall–Kier alpha value is -0.120. The number of nitrogens with zero attached hydrogens (tertiary/aromatic N) is 1. The minimum atomic E-state index is 0.0400. The molecule has 3 nitrogen and oxygen atoms in total. The maximum Gasteiger partial charge on any atom is 0.0602 e. The fourth-order valence-corrected chi connectivity index (χ4v) is 4.08. The van der Waals surface area contributed by atoms with Crippen LogP contribution in [0.5, 0.6) is 0 Å². The largest absolute Gasteiger partial charge is 0.395 e. The molecular weight excluding hydrogens is 236 g/mol. The molecule has 1 aliphatic carbocycles. The molecule has 2 rings (SSSR count). The van der Waals surface area contributed by atoms with E-state index in [1.165, 1.54) is 38.5 Å². The van der Waals surface area contributed by atoms with Crippen LogP contribution in [-0.4, -0.2) is 41.3 Å². The summed E-state index contributed by atoms with van der Waals surface area (Å²) in [4.78, 5) is 2.56. The van der Waals surface area contributed by atoms with E-state index in [0.29, 0.717) is 6.04 Å². The van der Waals surface area contributed by atoms with Crippen molar-refractivity contribution in [2.45, 2.75) is 77.4 Å². The molecule has 0 bridgehead atoms. The highest BCUT2D eigenvalue weighted by Crippen LogP contribution is 2.37. The summed E-state index contributed by atoms with van der Waals surface area (Å²) >= 11 is 0. The number of hydrogen-bond donors (Lipinski definition) is 2. The molecule has 2 unspecified atom stereocenters. The van der Waals surface area contributed by atoms with Gasteiger partial charge in [-0.15, -0.1) is 0 Å². The number of rotatable bonds is 3. The van der Waals surface area contributed by atoms with Gasteiger partial charge in [0.2, 0.25) is 0 Å². The van der Waals surface area contributed by atoms with Crippen LogP contribution < -0.4 is 5.73 Å². The van der Waals surface area contributed by atoms with Crippen molar-refractivity contribution in [1.29, 1.82) is 0 Å². The van der Waals surface area contributed by atoms with Crippen molar-refractivity contribution in [1.82, 2.24) is 4.90 Å². The zero-order chi connectivity index (χ0) is 14.0. The minimum absolute atomic E-state index is 0.0400. The molecule has 3 heteroatoms. The number of likely N-dealkylation sites (tertiary alicyclic amines) is 1. The lowest BCUT2D eigenvalue weighted by Gasteiger charge is -2.50. The molecular formula is C16H32N2O. The zero-order valence-electron chi connectivity index (χ0n) is 12.9. The van der Waals surface area contributed by atoms with Crippen molar-refractivity contribution in [3.63, 3.8) is 0 Å². The summed E-state index contributed by atoms with van der Waals surface area (Å²) in [5.41, 5.74) is 6.51. The monoisotopic (exact) mass is 268 g/mol. The molecule has 19 heavy (non-hydrogen) atoms. The zero-order valence-corrected chi connectivity index (χ0v) is 12.9. The van der Waals surface area contributed by atoms with Gasteiger partial charge in [0, 0.05) is 18.1 Å². The highest BCUT2D eigenvalue weighted by molar-refractivity contribution is 4.96. The molecule has 4 atom stereocenters.